The van der Waals surface area contributed by atoms with Crippen LogP contribution in [-0.4, -0.2) is 51.7 Å². The molecule has 3 N–H and O–H groups in total. The van der Waals surface area contributed by atoms with Gasteiger partial charge >= 0.3 is 5.91 Å². The van der Waals surface area contributed by atoms with Crippen LogP contribution in [0.3, 0.4) is 0 Å². The molecule has 10 heteroatoms. The highest BCUT2D eigenvalue weighted by molar-refractivity contribution is 6.51. The van der Waals surface area contributed by atoms with Crippen LogP contribution in [0.25, 0.3) is 16.8 Å². The van der Waals surface area contributed by atoms with Crippen molar-refractivity contribution in [1.82, 2.24) is 9.97 Å². The molecule has 1 aromatic heterocycles. The summed E-state index contributed by atoms with van der Waals surface area (Å²) in [6.45, 7) is 8.36. The maximum Gasteiger partial charge on any atom is 0.302 e. The molecule has 1 aliphatic rings. The van der Waals surface area contributed by atoms with Crippen molar-refractivity contribution in [3.8, 4) is 23.0 Å². The summed E-state index contributed by atoms with van der Waals surface area (Å²) < 4.78 is 17.0. The Bertz CT molecular complexity index is 1670. The van der Waals surface area contributed by atoms with Gasteiger partial charge in [0.25, 0.3) is 5.78 Å². The van der Waals surface area contributed by atoms with Gasteiger partial charge in [0.05, 0.1) is 48.0 Å². The maximum absolute atomic E-state index is 13.7. The Labute approximate surface area is 236 Å². The maximum atomic E-state index is 13.7. The number of amides is 1. The molecule has 1 saturated heterocycles. The molecule has 41 heavy (non-hydrogen) atoms. The zero-order valence-corrected chi connectivity index (χ0v) is 23.2. The molecule has 5 rings (SSSR count). The van der Waals surface area contributed by atoms with Crippen molar-refractivity contribution < 1.29 is 34.0 Å². The van der Waals surface area contributed by atoms with E-state index in [0.29, 0.717) is 41.3 Å². The van der Waals surface area contributed by atoms with Gasteiger partial charge in [-0.3, -0.25) is 14.5 Å². The van der Waals surface area contributed by atoms with Crippen LogP contribution in [0.1, 0.15) is 43.5 Å². The highest BCUT2D eigenvalue weighted by atomic mass is 16.5. The number of Topliss-reactive ketones (excluding diaryl/α,β-unsaturated/α-hetero) is 1. The predicted molar refractivity (Wildman–Crippen MR) is 154 cm³/mol. The first kappa shape index (κ1) is 27.6. The number of carbonyl (C=O) groups excluding carboxylic acids is 2. The van der Waals surface area contributed by atoms with E-state index in [1.807, 2.05) is 32.0 Å². The summed E-state index contributed by atoms with van der Waals surface area (Å²) in [7, 11) is 0. The number of rotatable bonds is 9. The van der Waals surface area contributed by atoms with Crippen LogP contribution in [0.15, 0.2) is 60.2 Å². The van der Waals surface area contributed by atoms with Crippen LogP contribution >= 0.6 is 0 Å². The number of aliphatic hydroxyl groups excluding tert-OH is 1. The van der Waals surface area contributed by atoms with Gasteiger partial charge in [0.15, 0.2) is 11.5 Å². The van der Waals surface area contributed by atoms with Crippen LogP contribution in [0.5, 0.6) is 23.0 Å². The number of carbonyl (C=O) groups is 2. The summed E-state index contributed by atoms with van der Waals surface area (Å²) in [6, 6.07) is 13.9. The van der Waals surface area contributed by atoms with Crippen LogP contribution in [0, 0.1) is 6.92 Å². The number of aryl methyl sites for hydroxylation is 1. The molecule has 1 fully saturated rings. The quantitative estimate of drug-likeness (QED) is 0.142. The number of fused-ring (bicyclic) bond motifs is 1. The second-order valence-corrected chi connectivity index (χ2v) is 9.43. The molecule has 1 amide bonds. The van der Waals surface area contributed by atoms with E-state index < -0.39 is 23.5 Å². The minimum Gasteiger partial charge on any atom is -0.507 e. The van der Waals surface area contributed by atoms with Gasteiger partial charge in [-0.15, -0.1) is 0 Å². The van der Waals surface area contributed by atoms with Crippen molar-refractivity contribution in [2.75, 3.05) is 24.7 Å². The molecule has 212 valence electrons. The van der Waals surface area contributed by atoms with Gasteiger partial charge < -0.3 is 29.4 Å². The summed E-state index contributed by atoms with van der Waals surface area (Å²) in [5.74, 6) is -1.15. The summed E-state index contributed by atoms with van der Waals surface area (Å²) in [5, 5.41) is 22.0. The number of aromatic hydroxyl groups is 1. The van der Waals surface area contributed by atoms with Crippen LogP contribution in [0.2, 0.25) is 0 Å². The molecule has 0 saturated carbocycles. The minimum absolute atomic E-state index is 0.100. The Morgan fingerprint density at radius 3 is 2.39 bits per heavy atom. The molecule has 3 aromatic carbocycles. The zero-order valence-electron chi connectivity index (χ0n) is 23.2. The third-order valence-electron chi connectivity index (χ3n) is 6.72. The Kier molecular flexibility index (Phi) is 7.56. The number of anilines is 1. The number of imidazole rings is 1. The van der Waals surface area contributed by atoms with Crippen molar-refractivity contribution >= 4 is 34.4 Å². The minimum atomic E-state index is -1.10. The van der Waals surface area contributed by atoms with Gasteiger partial charge in [-0.1, -0.05) is 12.1 Å². The Balaban J connectivity index is 1.74. The number of aromatic nitrogens is 2. The first-order chi connectivity index (χ1) is 19.8. The number of ether oxygens (including phenoxy) is 3. The number of nitrogens with one attached hydrogen (secondary N) is 1. The fourth-order valence-corrected chi connectivity index (χ4v) is 4.94. The van der Waals surface area contributed by atoms with Gasteiger partial charge in [-0.25, -0.2) is 4.98 Å². The Morgan fingerprint density at radius 1 is 0.927 bits per heavy atom. The summed E-state index contributed by atoms with van der Waals surface area (Å²) in [5.41, 5.74) is 2.77. The number of benzene rings is 3. The van der Waals surface area contributed by atoms with E-state index in [2.05, 4.69) is 9.97 Å². The molecule has 0 aliphatic carbocycles. The summed E-state index contributed by atoms with van der Waals surface area (Å²) in [4.78, 5) is 36.3. The number of phenolic OH excluding ortho intramolecular Hbond substituents is 1. The molecular weight excluding hydrogens is 526 g/mol. The Morgan fingerprint density at radius 2 is 1.66 bits per heavy atom. The number of hydrogen-bond donors (Lipinski definition) is 3. The SMILES string of the molecule is CCOc1ccc(/C(O)=C2\C(=O)C(=O)N(c3nc4ccc(C)cc4[nH]3)C2c2ccc(O)c(OCC)c2)c(OCC)c1. The van der Waals surface area contributed by atoms with Gasteiger partial charge in [0, 0.05) is 6.07 Å². The van der Waals surface area contributed by atoms with Crippen molar-refractivity contribution in [2.45, 2.75) is 33.7 Å². The van der Waals surface area contributed by atoms with E-state index in [1.54, 1.807) is 44.2 Å². The molecule has 1 atom stereocenters. The van der Waals surface area contributed by atoms with Gasteiger partial charge in [-0.05, 0) is 75.2 Å². The van der Waals surface area contributed by atoms with Crippen molar-refractivity contribution in [3.05, 3.63) is 76.9 Å². The molecule has 0 bridgehead atoms. The molecular formula is C31H31N3O7. The van der Waals surface area contributed by atoms with E-state index in [9.17, 15) is 19.8 Å². The second kappa shape index (κ2) is 11.2. The van der Waals surface area contributed by atoms with Crippen molar-refractivity contribution in [3.63, 3.8) is 0 Å². The number of aromatic amines is 1. The van der Waals surface area contributed by atoms with E-state index in [-0.39, 0.29) is 35.2 Å². The number of nitrogens with zero attached hydrogens (tertiary/aromatic N) is 2. The smallest absolute Gasteiger partial charge is 0.302 e. The number of ketones is 1. The van der Waals surface area contributed by atoms with Crippen molar-refractivity contribution in [1.29, 1.82) is 0 Å². The number of phenols is 1. The molecule has 10 nitrogen and oxygen atoms in total. The molecule has 4 aromatic rings. The van der Waals surface area contributed by atoms with Crippen molar-refractivity contribution in [2.24, 2.45) is 0 Å². The first-order valence-electron chi connectivity index (χ1n) is 13.4. The standard InChI is InChI=1S/C31H31N3O7/c1-5-39-19-10-11-20(24(16-19)40-6-2)28(36)26-27(18-9-13-23(35)25(15-18)41-7-3)34(30(38)29(26)37)31-32-21-12-8-17(4)14-22(21)33-31/h8-16,27,35-36H,5-7H2,1-4H3,(H,32,33)/b28-26+. The highest BCUT2D eigenvalue weighted by Gasteiger charge is 2.48. The molecule has 0 radical (unpaired) electrons. The average molecular weight is 558 g/mol. The van der Waals surface area contributed by atoms with Gasteiger partial charge in [0.1, 0.15) is 17.3 Å². The normalized spacial score (nSPS) is 16.4. The van der Waals surface area contributed by atoms with Gasteiger partial charge in [0.2, 0.25) is 5.95 Å². The molecule has 1 aliphatic heterocycles. The van der Waals surface area contributed by atoms with E-state index in [4.69, 9.17) is 14.2 Å². The average Bonchev–Trinajstić information content (AvgIpc) is 3.47. The lowest BCUT2D eigenvalue weighted by molar-refractivity contribution is -0.132. The van der Waals surface area contributed by atoms with Crippen LogP contribution in [0.4, 0.5) is 5.95 Å². The van der Waals surface area contributed by atoms with E-state index in [1.165, 1.54) is 11.0 Å². The fraction of sp³-hybridized carbons (Fsp3) is 0.258. The Hall–Kier alpha value is -4.99. The largest absolute Gasteiger partial charge is 0.507 e. The van der Waals surface area contributed by atoms with Crippen LogP contribution < -0.4 is 19.1 Å². The topological polar surface area (TPSA) is 134 Å². The first-order valence-corrected chi connectivity index (χ1v) is 13.4. The lowest BCUT2D eigenvalue weighted by atomic mass is 9.94. The van der Waals surface area contributed by atoms with Crippen LogP contribution in [-0.2, 0) is 9.59 Å². The second-order valence-electron chi connectivity index (χ2n) is 9.43. The van der Waals surface area contributed by atoms with E-state index in [0.717, 1.165) is 5.56 Å². The lowest BCUT2D eigenvalue weighted by Crippen LogP contribution is -2.30. The molecule has 0 spiro atoms. The summed E-state index contributed by atoms with van der Waals surface area (Å²) >= 11 is 0. The van der Waals surface area contributed by atoms with E-state index >= 15 is 0 Å². The third kappa shape index (κ3) is 5.04. The molecule has 2 heterocycles. The highest BCUT2D eigenvalue weighted by Crippen LogP contribution is 2.45. The van der Waals surface area contributed by atoms with Gasteiger partial charge in [-0.2, -0.15) is 0 Å². The summed E-state index contributed by atoms with van der Waals surface area (Å²) in [6.07, 6.45) is 0. The monoisotopic (exact) mass is 557 g/mol. The third-order valence-corrected chi connectivity index (χ3v) is 6.72. The fourth-order valence-electron chi connectivity index (χ4n) is 4.94. The number of aliphatic hydroxyl groups is 1. The number of H-pyrrole nitrogens is 1. The number of hydrogen-bond acceptors (Lipinski definition) is 8. The molecule has 1 unspecified atom stereocenters. The zero-order chi connectivity index (χ0) is 29.3. The predicted octanol–water partition coefficient (Wildman–Crippen LogP) is 5.40. The lowest BCUT2D eigenvalue weighted by Gasteiger charge is -2.24.